The largest absolute Gasteiger partial charge is 0.363 e. The van der Waals surface area contributed by atoms with E-state index in [4.69, 9.17) is 5.73 Å². The molecule has 5 heteroatoms. The van der Waals surface area contributed by atoms with E-state index >= 15 is 0 Å². The minimum atomic E-state index is -0.508. The SMILES string of the molecule is NC(c1ccc([N+](=O)[O-])nc1)C1CC1. The third-order valence-corrected chi connectivity index (χ3v) is 2.47. The molecule has 1 fully saturated rings. The van der Waals surface area contributed by atoms with Crippen molar-refractivity contribution in [2.45, 2.75) is 18.9 Å². The Morgan fingerprint density at radius 2 is 2.29 bits per heavy atom. The highest BCUT2D eigenvalue weighted by molar-refractivity contribution is 5.25. The van der Waals surface area contributed by atoms with Crippen LogP contribution in [-0.2, 0) is 0 Å². The summed E-state index contributed by atoms with van der Waals surface area (Å²) >= 11 is 0. The van der Waals surface area contributed by atoms with Crippen molar-refractivity contribution < 1.29 is 4.92 Å². The van der Waals surface area contributed by atoms with Crippen molar-refractivity contribution >= 4 is 5.82 Å². The number of nitro groups is 1. The molecule has 0 saturated heterocycles. The lowest BCUT2D eigenvalue weighted by Gasteiger charge is -2.07. The summed E-state index contributed by atoms with van der Waals surface area (Å²) < 4.78 is 0. The molecule has 0 bridgehead atoms. The second-order valence-corrected chi connectivity index (χ2v) is 3.57. The molecule has 0 radical (unpaired) electrons. The molecule has 5 nitrogen and oxygen atoms in total. The summed E-state index contributed by atoms with van der Waals surface area (Å²) in [4.78, 5) is 13.6. The molecule has 14 heavy (non-hydrogen) atoms. The van der Waals surface area contributed by atoms with Crippen LogP contribution in [0.3, 0.4) is 0 Å². The number of hydrogen-bond acceptors (Lipinski definition) is 4. The van der Waals surface area contributed by atoms with Gasteiger partial charge in [-0.2, -0.15) is 0 Å². The molecule has 74 valence electrons. The molecule has 1 aromatic heterocycles. The fourth-order valence-corrected chi connectivity index (χ4v) is 1.43. The van der Waals surface area contributed by atoms with E-state index in [0.717, 1.165) is 18.4 Å². The highest BCUT2D eigenvalue weighted by Crippen LogP contribution is 2.39. The Morgan fingerprint density at radius 1 is 1.57 bits per heavy atom. The van der Waals surface area contributed by atoms with Crippen LogP contribution in [0.15, 0.2) is 18.3 Å². The quantitative estimate of drug-likeness (QED) is 0.581. The first kappa shape index (κ1) is 9.08. The topological polar surface area (TPSA) is 82.0 Å². The Bertz CT molecular complexity index is 346. The van der Waals surface area contributed by atoms with Crippen LogP contribution in [-0.4, -0.2) is 9.91 Å². The lowest BCUT2D eigenvalue weighted by atomic mass is 10.1. The van der Waals surface area contributed by atoms with Gasteiger partial charge in [0.2, 0.25) is 0 Å². The van der Waals surface area contributed by atoms with Gasteiger partial charge in [-0.25, -0.2) is 0 Å². The minimum Gasteiger partial charge on any atom is -0.358 e. The number of pyridine rings is 1. The van der Waals surface area contributed by atoms with E-state index in [0.29, 0.717) is 5.92 Å². The first-order valence-electron chi connectivity index (χ1n) is 4.54. The smallest absolute Gasteiger partial charge is 0.358 e. The van der Waals surface area contributed by atoms with Crippen LogP contribution in [0.25, 0.3) is 0 Å². The van der Waals surface area contributed by atoms with Gasteiger partial charge in [0.1, 0.15) is 6.20 Å². The average Bonchev–Trinajstić information content (AvgIpc) is 3.00. The number of nitrogens with zero attached hydrogens (tertiary/aromatic N) is 2. The van der Waals surface area contributed by atoms with Gasteiger partial charge in [0, 0.05) is 17.7 Å². The molecule has 0 aliphatic heterocycles. The normalized spacial score (nSPS) is 17.8. The second kappa shape index (κ2) is 3.34. The van der Waals surface area contributed by atoms with Gasteiger partial charge in [-0.3, -0.25) is 0 Å². The standard InChI is InChI=1S/C9H11N3O2/c10-9(6-1-2-6)7-3-4-8(11-5-7)12(13)14/h3-6,9H,1-2,10H2. The maximum atomic E-state index is 10.3. The highest BCUT2D eigenvalue weighted by Gasteiger charge is 2.30. The molecule has 1 unspecified atom stereocenters. The Labute approximate surface area is 81.1 Å². The molecule has 1 atom stereocenters. The molecule has 0 aromatic carbocycles. The Morgan fingerprint density at radius 3 is 2.71 bits per heavy atom. The summed E-state index contributed by atoms with van der Waals surface area (Å²) in [6, 6.07) is 3.08. The van der Waals surface area contributed by atoms with Gasteiger partial charge in [0.15, 0.2) is 0 Å². The maximum absolute atomic E-state index is 10.3. The Hall–Kier alpha value is -1.49. The number of aromatic nitrogens is 1. The molecule has 1 aliphatic rings. The summed E-state index contributed by atoms with van der Waals surface area (Å²) in [5.74, 6) is 0.412. The van der Waals surface area contributed by atoms with Crippen LogP contribution < -0.4 is 5.73 Å². The average molecular weight is 193 g/mol. The van der Waals surface area contributed by atoms with Gasteiger partial charge >= 0.3 is 5.82 Å². The van der Waals surface area contributed by atoms with Crippen LogP contribution in [0, 0.1) is 16.0 Å². The molecule has 1 saturated carbocycles. The number of nitrogens with two attached hydrogens (primary N) is 1. The van der Waals surface area contributed by atoms with Gasteiger partial charge in [-0.15, -0.1) is 0 Å². The molecule has 0 spiro atoms. The summed E-state index contributed by atoms with van der Waals surface area (Å²) in [7, 11) is 0. The summed E-state index contributed by atoms with van der Waals surface area (Å²) in [6.07, 6.45) is 3.80. The second-order valence-electron chi connectivity index (χ2n) is 3.57. The molecule has 2 N–H and O–H groups in total. The predicted molar refractivity (Wildman–Crippen MR) is 50.5 cm³/mol. The van der Waals surface area contributed by atoms with Crippen molar-refractivity contribution in [3.05, 3.63) is 34.0 Å². The zero-order valence-corrected chi connectivity index (χ0v) is 7.59. The molecule has 0 amide bonds. The fourth-order valence-electron chi connectivity index (χ4n) is 1.43. The third-order valence-electron chi connectivity index (χ3n) is 2.47. The molecular formula is C9H11N3O2. The molecule has 2 rings (SSSR count). The predicted octanol–water partition coefficient (Wildman–Crippen LogP) is 1.40. The molecular weight excluding hydrogens is 182 g/mol. The van der Waals surface area contributed by atoms with E-state index in [2.05, 4.69) is 4.98 Å². The van der Waals surface area contributed by atoms with Crippen molar-refractivity contribution in [2.24, 2.45) is 11.7 Å². The van der Waals surface area contributed by atoms with E-state index < -0.39 is 4.92 Å². The molecule has 1 aliphatic carbocycles. The zero-order chi connectivity index (χ0) is 10.1. The molecule has 1 aromatic rings. The van der Waals surface area contributed by atoms with Crippen LogP contribution in [0.1, 0.15) is 24.4 Å². The first-order chi connectivity index (χ1) is 6.68. The van der Waals surface area contributed by atoms with Crippen molar-refractivity contribution in [3.8, 4) is 0 Å². The summed E-state index contributed by atoms with van der Waals surface area (Å²) in [6.45, 7) is 0. The Kier molecular flexibility index (Phi) is 2.17. The van der Waals surface area contributed by atoms with Crippen LogP contribution >= 0.6 is 0 Å². The van der Waals surface area contributed by atoms with Crippen LogP contribution in [0.4, 0.5) is 5.82 Å². The van der Waals surface area contributed by atoms with Crippen LogP contribution in [0.2, 0.25) is 0 Å². The van der Waals surface area contributed by atoms with Crippen molar-refractivity contribution in [2.75, 3.05) is 0 Å². The first-order valence-corrected chi connectivity index (χ1v) is 4.54. The van der Waals surface area contributed by atoms with E-state index in [1.165, 1.54) is 12.3 Å². The number of rotatable bonds is 3. The lowest BCUT2D eigenvalue weighted by molar-refractivity contribution is -0.389. The van der Waals surface area contributed by atoms with Gasteiger partial charge in [0.25, 0.3) is 0 Å². The van der Waals surface area contributed by atoms with Gasteiger partial charge < -0.3 is 15.8 Å². The molecule has 1 heterocycles. The number of hydrogen-bond donors (Lipinski definition) is 1. The summed E-state index contributed by atoms with van der Waals surface area (Å²) in [5.41, 5.74) is 6.80. The zero-order valence-electron chi connectivity index (χ0n) is 7.59. The van der Waals surface area contributed by atoms with Gasteiger partial charge in [0.05, 0.1) is 0 Å². The van der Waals surface area contributed by atoms with Gasteiger partial charge in [-0.05, 0) is 34.7 Å². The lowest BCUT2D eigenvalue weighted by Crippen LogP contribution is -2.12. The van der Waals surface area contributed by atoms with E-state index in [1.54, 1.807) is 6.07 Å². The van der Waals surface area contributed by atoms with Crippen molar-refractivity contribution in [1.29, 1.82) is 0 Å². The minimum absolute atomic E-state index is 0.0108. The monoisotopic (exact) mass is 193 g/mol. The van der Waals surface area contributed by atoms with Crippen LogP contribution in [0.5, 0.6) is 0 Å². The van der Waals surface area contributed by atoms with Gasteiger partial charge in [-0.1, -0.05) is 0 Å². The van der Waals surface area contributed by atoms with E-state index in [9.17, 15) is 10.1 Å². The van der Waals surface area contributed by atoms with E-state index in [-0.39, 0.29) is 11.9 Å². The van der Waals surface area contributed by atoms with Crippen molar-refractivity contribution in [1.82, 2.24) is 4.98 Å². The third kappa shape index (κ3) is 1.72. The van der Waals surface area contributed by atoms with E-state index in [1.807, 2.05) is 0 Å². The summed E-state index contributed by atoms with van der Waals surface area (Å²) in [5, 5.41) is 10.3. The maximum Gasteiger partial charge on any atom is 0.363 e. The highest BCUT2D eigenvalue weighted by atomic mass is 16.6. The van der Waals surface area contributed by atoms with Crippen molar-refractivity contribution in [3.63, 3.8) is 0 Å². The fraction of sp³-hybridized carbons (Fsp3) is 0.444. The Balaban J connectivity index is 2.16.